The Bertz CT molecular complexity index is 597. The summed E-state index contributed by atoms with van der Waals surface area (Å²) in [5.41, 5.74) is 0.776. The Labute approximate surface area is 109 Å². The molecular formula is C12H14N4O3. The maximum Gasteiger partial charge on any atom is 0.336 e. The first-order chi connectivity index (χ1) is 9.28. The molecule has 3 rings (SSSR count). The molecule has 0 aliphatic carbocycles. The molecule has 1 fully saturated rings. The molecule has 0 bridgehead atoms. The fraction of sp³-hybridized carbons (Fsp3) is 0.417. The van der Waals surface area contributed by atoms with Crippen LogP contribution in [0.2, 0.25) is 0 Å². The number of carbonyl (C=O) groups excluding carboxylic acids is 1. The van der Waals surface area contributed by atoms with Crippen molar-refractivity contribution < 1.29 is 14.3 Å². The molecular weight excluding hydrogens is 248 g/mol. The molecule has 2 aromatic rings. The fourth-order valence-corrected chi connectivity index (χ4v) is 2.11. The van der Waals surface area contributed by atoms with Gasteiger partial charge in [0.1, 0.15) is 5.82 Å². The lowest BCUT2D eigenvalue weighted by Gasteiger charge is -2.32. The number of anilines is 1. The van der Waals surface area contributed by atoms with Gasteiger partial charge in [-0.1, -0.05) is 0 Å². The lowest BCUT2D eigenvalue weighted by Crippen LogP contribution is -2.46. The third-order valence-corrected chi connectivity index (χ3v) is 3.10. The molecule has 0 aromatic carbocycles. The standard InChI is InChI=1S/C12H14N4O3/c1-18-12(17)9-8-15(6-7-19-9)10-3-5-16-11(14-10)2-4-13-16/h2-5,9H,6-8H2,1H3. The summed E-state index contributed by atoms with van der Waals surface area (Å²) in [4.78, 5) is 18.0. The highest BCUT2D eigenvalue weighted by atomic mass is 16.6. The summed E-state index contributed by atoms with van der Waals surface area (Å²) in [6, 6.07) is 3.71. The van der Waals surface area contributed by atoms with E-state index in [4.69, 9.17) is 9.47 Å². The molecule has 1 aliphatic rings. The number of aromatic nitrogens is 3. The highest BCUT2D eigenvalue weighted by Crippen LogP contribution is 2.16. The summed E-state index contributed by atoms with van der Waals surface area (Å²) in [7, 11) is 1.36. The van der Waals surface area contributed by atoms with Gasteiger partial charge in [-0.3, -0.25) is 0 Å². The van der Waals surface area contributed by atoms with Crippen LogP contribution in [0.15, 0.2) is 24.5 Å². The monoisotopic (exact) mass is 262 g/mol. The van der Waals surface area contributed by atoms with Gasteiger partial charge in [0.05, 0.1) is 26.5 Å². The summed E-state index contributed by atoms with van der Waals surface area (Å²) in [5, 5.41) is 4.10. The van der Waals surface area contributed by atoms with Crippen LogP contribution in [0.1, 0.15) is 0 Å². The molecule has 3 heterocycles. The van der Waals surface area contributed by atoms with Crippen LogP contribution < -0.4 is 4.90 Å². The van der Waals surface area contributed by atoms with Crippen molar-refractivity contribution in [2.24, 2.45) is 0 Å². The topological polar surface area (TPSA) is 69.0 Å². The number of hydrogen-bond donors (Lipinski definition) is 0. The molecule has 0 amide bonds. The van der Waals surface area contributed by atoms with Gasteiger partial charge in [0, 0.05) is 18.8 Å². The number of hydrogen-bond acceptors (Lipinski definition) is 6. The molecule has 0 spiro atoms. The van der Waals surface area contributed by atoms with Gasteiger partial charge in [0.2, 0.25) is 0 Å². The van der Waals surface area contributed by atoms with Gasteiger partial charge in [-0.25, -0.2) is 14.3 Å². The molecule has 0 radical (unpaired) electrons. The first-order valence-electron chi connectivity index (χ1n) is 6.03. The molecule has 2 aromatic heterocycles. The van der Waals surface area contributed by atoms with Crippen LogP contribution in [0.3, 0.4) is 0 Å². The van der Waals surface area contributed by atoms with E-state index >= 15 is 0 Å². The Morgan fingerprint density at radius 1 is 1.53 bits per heavy atom. The Kier molecular flexibility index (Phi) is 3.04. The second-order valence-electron chi connectivity index (χ2n) is 4.25. The highest BCUT2D eigenvalue weighted by Gasteiger charge is 2.28. The van der Waals surface area contributed by atoms with Crippen LogP contribution >= 0.6 is 0 Å². The van der Waals surface area contributed by atoms with E-state index in [1.54, 1.807) is 10.7 Å². The highest BCUT2D eigenvalue weighted by molar-refractivity contribution is 5.75. The Morgan fingerprint density at radius 3 is 3.26 bits per heavy atom. The van der Waals surface area contributed by atoms with Crippen molar-refractivity contribution in [2.45, 2.75) is 6.10 Å². The summed E-state index contributed by atoms with van der Waals surface area (Å²) in [5.74, 6) is 0.459. The van der Waals surface area contributed by atoms with E-state index in [-0.39, 0.29) is 5.97 Å². The van der Waals surface area contributed by atoms with Crippen molar-refractivity contribution in [3.63, 3.8) is 0 Å². The van der Waals surface area contributed by atoms with Gasteiger partial charge in [-0.05, 0) is 6.07 Å². The molecule has 0 saturated carbocycles. The Balaban J connectivity index is 1.82. The first-order valence-corrected chi connectivity index (χ1v) is 6.03. The van der Waals surface area contributed by atoms with Crippen LogP contribution in [0.5, 0.6) is 0 Å². The van der Waals surface area contributed by atoms with Crippen LogP contribution in [-0.4, -0.2) is 53.5 Å². The third kappa shape index (κ3) is 2.24. The first kappa shape index (κ1) is 11.9. The van der Waals surface area contributed by atoms with Gasteiger partial charge in [0.15, 0.2) is 11.8 Å². The number of rotatable bonds is 2. The van der Waals surface area contributed by atoms with Crippen LogP contribution in [-0.2, 0) is 14.3 Å². The third-order valence-electron chi connectivity index (χ3n) is 3.10. The zero-order valence-electron chi connectivity index (χ0n) is 10.5. The minimum Gasteiger partial charge on any atom is -0.467 e. The summed E-state index contributed by atoms with van der Waals surface area (Å²) < 4.78 is 11.8. The minimum absolute atomic E-state index is 0.352. The Morgan fingerprint density at radius 2 is 2.42 bits per heavy atom. The zero-order chi connectivity index (χ0) is 13.2. The lowest BCUT2D eigenvalue weighted by molar-refractivity contribution is -0.154. The molecule has 1 unspecified atom stereocenters. The number of carbonyl (C=O) groups is 1. The lowest BCUT2D eigenvalue weighted by atomic mass is 10.2. The minimum atomic E-state index is -0.554. The summed E-state index contributed by atoms with van der Waals surface area (Å²) >= 11 is 0. The number of nitrogens with zero attached hydrogens (tertiary/aromatic N) is 4. The Hall–Kier alpha value is -2.15. The van der Waals surface area contributed by atoms with E-state index in [9.17, 15) is 4.79 Å². The normalized spacial score (nSPS) is 19.6. The van der Waals surface area contributed by atoms with Crippen molar-refractivity contribution in [3.8, 4) is 0 Å². The van der Waals surface area contributed by atoms with Crippen LogP contribution in [0.4, 0.5) is 5.82 Å². The van der Waals surface area contributed by atoms with Gasteiger partial charge in [0.25, 0.3) is 0 Å². The van der Waals surface area contributed by atoms with E-state index < -0.39 is 6.10 Å². The number of esters is 1. The second kappa shape index (κ2) is 4.85. The summed E-state index contributed by atoms with van der Waals surface area (Å²) in [6.45, 7) is 1.63. The van der Waals surface area contributed by atoms with Crippen molar-refractivity contribution in [1.29, 1.82) is 0 Å². The molecule has 7 nitrogen and oxygen atoms in total. The zero-order valence-corrected chi connectivity index (χ0v) is 10.5. The number of morpholine rings is 1. The van der Waals surface area contributed by atoms with Crippen molar-refractivity contribution in [1.82, 2.24) is 14.6 Å². The van der Waals surface area contributed by atoms with Crippen molar-refractivity contribution in [3.05, 3.63) is 24.5 Å². The van der Waals surface area contributed by atoms with Gasteiger partial charge in [-0.2, -0.15) is 5.10 Å². The molecule has 100 valence electrons. The molecule has 1 saturated heterocycles. The largest absolute Gasteiger partial charge is 0.467 e. The number of methoxy groups -OCH3 is 1. The van der Waals surface area contributed by atoms with E-state index in [0.29, 0.717) is 19.7 Å². The predicted molar refractivity (Wildman–Crippen MR) is 67.0 cm³/mol. The average molecular weight is 262 g/mol. The van der Waals surface area contributed by atoms with E-state index in [0.717, 1.165) is 11.5 Å². The molecule has 0 N–H and O–H groups in total. The maximum atomic E-state index is 11.5. The fourth-order valence-electron chi connectivity index (χ4n) is 2.11. The van der Waals surface area contributed by atoms with E-state index in [2.05, 4.69) is 10.1 Å². The van der Waals surface area contributed by atoms with Crippen molar-refractivity contribution >= 4 is 17.4 Å². The number of ether oxygens (including phenoxy) is 2. The number of fused-ring (bicyclic) bond motifs is 1. The van der Waals surface area contributed by atoms with E-state index in [1.807, 2.05) is 23.2 Å². The van der Waals surface area contributed by atoms with Gasteiger partial charge >= 0.3 is 5.97 Å². The SMILES string of the molecule is COC(=O)C1CN(c2ccn3nccc3n2)CCO1. The quantitative estimate of drug-likeness (QED) is 0.715. The average Bonchev–Trinajstić information content (AvgIpc) is 2.94. The molecule has 19 heavy (non-hydrogen) atoms. The smallest absolute Gasteiger partial charge is 0.336 e. The molecule has 1 atom stereocenters. The predicted octanol–water partition coefficient (Wildman–Crippen LogP) is 0.107. The molecule has 1 aliphatic heterocycles. The second-order valence-corrected chi connectivity index (χ2v) is 4.25. The molecule has 7 heteroatoms. The van der Waals surface area contributed by atoms with Crippen LogP contribution in [0.25, 0.3) is 5.65 Å². The maximum absolute atomic E-state index is 11.5. The van der Waals surface area contributed by atoms with Crippen molar-refractivity contribution in [2.75, 3.05) is 31.7 Å². The van der Waals surface area contributed by atoms with E-state index in [1.165, 1.54) is 7.11 Å². The van der Waals surface area contributed by atoms with Crippen LogP contribution in [0, 0.1) is 0 Å². The van der Waals surface area contributed by atoms with Gasteiger partial charge in [-0.15, -0.1) is 0 Å². The van der Waals surface area contributed by atoms with Gasteiger partial charge < -0.3 is 14.4 Å². The summed E-state index contributed by atoms with van der Waals surface area (Å²) in [6.07, 6.45) is 2.99.